The molecule has 0 amide bonds. The topological polar surface area (TPSA) is 284 Å². The Bertz CT molecular complexity index is 756. The first-order valence-electron chi connectivity index (χ1n) is 12.5. The number of ether oxygens (including phenoxy) is 5. The lowest BCUT2D eigenvalue weighted by atomic mass is 9.84. The number of aliphatic hydroxyl groups excluding tert-OH is 6. The van der Waals surface area contributed by atoms with E-state index in [-0.39, 0.29) is 12.8 Å². The summed E-state index contributed by atoms with van der Waals surface area (Å²) in [5, 5.41) is 64.7. The Morgan fingerprint density at radius 2 is 1.43 bits per heavy atom. The molecule has 3 aliphatic heterocycles. The largest absolute Gasteiger partial charge is 0.394 e. The summed E-state index contributed by atoms with van der Waals surface area (Å²) in [4.78, 5) is 0. The standard InChI is InChI=1S/C21H41N5O11/c1-26-11-14(30)18-8(33-20(11)37-21-16(32)13(29)10(25)9(4-27)34-21)3-7(24)19(36-18)35-17-6(23)2-5(22)12(28)15(17)31/h5-21,26-32H,2-4,22-25H2,1H3/t5-,6+,7-,8-,9-,10-,11+,12+,13+,14-,15-,16-,17-,18+,19+,20-,21-/m1/s1. The molecule has 0 aromatic heterocycles. The van der Waals surface area contributed by atoms with Gasteiger partial charge in [-0.05, 0) is 19.9 Å². The average molecular weight is 540 g/mol. The summed E-state index contributed by atoms with van der Waals surface area (Å²) in [5.74, 6) is 0. The molecule has 0 radical (unpaired) electrons. The molecule has 0 aromatic carbocycles. The van der Waals surface area contributed by atoms with Crippen molar-refractivity contribution in [3.8, 4) is 0 Å². The Kier molecular flexibility index (Phi) is 9.40. The van der Waals surface area contributed by atoms with E-state index < -0.39 is 111 Å². The van der Waals surface area contributed by atoms with Crippen LogP contribution in [0.5, 0.6) is 0 Å². The van der Waals surface area contributed by atoms with E-state index in [1.807, 2.05) is 0 Å². The Hall–Kier alpha value is -0.640. The molecule has 15 N–H and O–H groups in total. The highest BCUT2D eigenvalue weighted by Gasteiger charge is 2.54. The van der Waals surface area contributed by atoms with Crippen LogP contribution < -0.4 is 28.3 Å². The highest BCUT2D eigenvalue weighted by Crippen LogP contribution is 2.35. The second-order valence-electron chi connectivity index (χ2n) is 10.3. The summed E-state index contributed by atoms with van der Waals surface area (Å²) in [5.41, 5.74) is 24.0. The molecule has 216 valence electrons. The molecule has 4 fully saturated rings. The number of rotatable bonds is 6. The normalized spacial score (nSPS) is 55.1. The SMILES string of the molecule is CN[C@@H]1[C@@H](O[C@H]2O[C@H](CO)[C@@H](N)[C@H](O)[C@H]2O)O[C@@H]2C[C@@H](N)[C@@H](O[C@H]3[C@H](O)[C@@H](O)[C@H](N)C[C@@H]3N)O[C@@H]2[C@@H]1O. The maximum absolute atomic E-state index is 11.1. The lowest BCUT2D eigenvalue weighted by Crippen LogP contribution is -2.70. The Morgan fingerprint density at radius 1 is 0.730 bits per heavy atom. The van der Waals surface area contributed by atoms with Crippen molar-refractivity contribution in [2.75, 3.05) is 13.7 Å². The van der Waals surface area contributed by atoms with Gasteiger partial charge in [-0.25, -0.2) is 0 Å². The summed E-state index contributed by atoms with van der Waals surface area (Å²) in [7, 11) is 1.55. The Balaban J connectivity index is 1.43. The number of hydrogen-bond donors (Lipinski definition) is 11. The first-order chi connectivity index (χ1) is 17.5. The summed E-state index contributed by atoms with van der Waals surface area (Å²) < 4.78 is 29.2. The maximum Gasteiger partial charge on any atom is 0.189 e. The molecular weight excluding hydrogens is 498 g/mol. The molecule has 0 spiro atoms. The first-order valence-corrected chi connectivity index (χ1v) is 12.5. The minimum Gasteiger partial charge on any atom is -0.394 e. The fourth-order valence-corrected chi connectivity index (χ4v) is 5.46. The molecule has 1 aliphatic carbocycles. The van der Waals surface area contributed by atoms with Crippen LogP contribution >= 0.6 is 0 Å². The smallest absolute Gasteiger partial charge is 0.189 e. The summed E-state index contributed by atoms with van der Waals surface area (Å²) in [6.45, 7) is -0.508. The fourth-order valence-electron chi connectivity index (χ4n) is 5.46. The van der Waals surface area contributed by atoms with E-state index in [0.717, 1.165) is 0 Å². The Morgan fingerprint density at radius 3 is 2.08 bits per heavy atom. The van der Waals surface area contributed by atoms with Gasteiger partial charge < -0.3 is 82.6 Å². The third-order valence-corrected chi connectivity index (χ3v) is 7.74. The predicted molar refractivity (Wildman–Crippen MR) is 123 cm³/mol. The van der Waals surface area contributed by atoms with Crippen molar-refractivity contribution in [3.05, 3.63) is 0 Å². The van der Waals surface area contributed by atoms with E-state index in [4.69, 9.17) is 46.6 Å². The molecule has 3 saturated heterocycles. The van der Waals surface area contributed by atoms with Gasteiger partial charge in [0.05, 0.1) is 36.9 Å². The zero-order valence-corrected chi connectivity index (χ0v) is 20.5. The minimum atomic E-state index is -1.54. The molecule has 37 heavy (non-hydrogen) atoms. The molecule has 16 heteroatoms. The zero-order valence-electron chi connectivity index (χ0n) is 20.5. The van der Waals surface area contributed by atoms with Gasteiger partial charge in [-0.1, -0.05) is 0 Å². The number of nitrogens with one attached hydrogen (secondary N) is 1. The van der Waals surface area contributed by atoms with Gasteiger partial charge in [-0.2, -0.15) is 0 Å². The lowest BCUT2D eigenvalue weighted by Gasteiger charge is -2.51. The van der Waals surface area contributed by atoms with Crippen molar-refractivity contribution in [3.63, 3.8) is 0 Å². The van der Waals surface area contributed by atoms with Crippen molar-refractivity contribution in [1.29, 1.82) is 0 Å². The average Bonchev–Trinajstić information content (AvgIpc) is 2.86. The number of likely N-dealkylation sites (N-methyl/N-ethyl adjacent to an activating group) is 1. The monoisotopic (exact) mass is 539 g/mol. The van der Waals surface area contributed by atoms with E-state index in [0.29, 0.717) is 0 Å². The molecule has 0 bridgehead atoms. The van der Waals surface area contributed by atoms with E-state index >= 15 is 0 Å². The quantitative estimate of drug-likeness (QED) is 0.149. The highest BCUT2D eigenvalue weighted by molar-refractivity contribution is 5.01. The van der Waals surface area contributed by atoms with Crippen LogP contribution in [0, 0.1) is 0 Å². The maximum atomic E-state index is 11.1. The molecule has 4 rings (SSSR count). The second kappa shape index (κ2) is 11.8. The van der Waals surface area contributed by atoms with Gasteiger partial charge in [-0.3, -0.25) is 0 Å². The third-order valence-electron chi connectivity index (χ3n) is 7.74. The van der Waals surface area contributed by atoms with E-state index in [9.17, 15) is 30.6 Å². The van der Waals surface area contributed by atoms with Gasteiger partial charge in [0.25, 0.3) is 0 Å². The summed E-state index contributed by atoms with van der Waals surface area (Å²) >= 11 is 0. The molecule has 3 heterocycles. The highest BCUT2D eigenvalue weighted by atomic mass is 16.8. The zero-order chi connectivity index (χ0) is 27.2. The molecule has 16 nitrogen and oxygen atoms in total. The van der Waals surface area contributed by atoms with Crippen molar-refractivity contribution >= 4 is 0 Å². The fraction of sp³-hybridized carbons (Fsp3) is 1.00. The van der Waals surface area contributed by atoms with Crippen LogP contribution in [0.3, 0.4) is 0 Å². The van der Waals surface area contributed by atoms with Crippen LogP contribution in [0.15, 0.2) is 0 Å². The van der Waals surface area contributed by atoms with Gasteiger partial charge in [0, 0.05) is 12.1 Å². The lowest BCUT2D eigenvalue weighted by molar-refractivity contribution is -0.373. The van der Waals surface area contributed by atoms with Crippen molar-refractivity contribution in [2.45, 2.75) is 117 Å². The summed E-state index contributed by atoms with van der Waals surface area (Å²) in [6, 6.07) is -4.05. The first kappa shape index (κ1) is 29.3. The Labute approximate surface area is 213 Å². The van der Waals surface area contributed by atoms with Gasteiger partial charge in [0.2, 0.25) is 0 Å². The van der Waals surface area contributed by atoms with Crippen LogP contribution in [0.4, 0.5) is 0 Å². The second-order valence-corrected chi connectivity index (χ2v) is 10.3. The van der Waals surface area contributed by atoms with E-state index in [2.05, 4.69) is 5.32 Å². The predicted octanol–water partition coefficient (Wildman–Crippen LogP) is -6.95. The van der Waals surface area contributed by atoms with Crippen LogP contribution in [-0.2, 0) is 23.7 Å². The number of aliphatic hydroxyl groups is 6. The molecule has 1 saturated carbocycles. The van der Waals surface area contributed by atoms with Crippen molar-refractivity contribution in [1.82, 2.24) is 5.32 Å². The van der Waals surface area contributed by atoms with Crippen LogP contribution in [0.25, 0.3) is 0 Å². The van der Waals surface area contributed by atoms with E-state index in [1.165, 1.54) is 0 Å². The van der Waals surface area contributed by atoms with Gasteiger partial charge in [0.1, 0.15) is 42.7 Å². The molecule has 0 aromatic rings. The minimum absolute atomic E-state index is 0.156. The molecular formula is C21H41N5O11. The molecule has 4 aliphatic rings. The number of fused-ring (bicyclic) bond motifs is 1. The number of hydrogen-bond acceptors (Lipinski definition) is 16. The van der Waals surface area contributed by atoms with Crippen LogP contribution in [-0.4, -0.2) is 148 Å². The van der Waals surface area contributed by atoms with Crippen LogP contribution in [0.2, 0.25) is 0 Å². The van der Waals surface area contributed by atoms with Crippen LogP contribution in [0.1, 0.15) is 12.8 Å². The third kappa shape index (κ3) is 5.66. The number of nitrogens with two attached hydrogens (primary N) is 4. The van der Waals surface area contributed by atoms with Crippen molar-refractivity contribution < 1.29 is 54.3 Å². The van der Waals surface area contributed by atoms with Gasteiger partial charge >= 0.3 is 0 Å². The van der Waals surface area contributed by atoms with Gasteiger partial charge in [0.15, 0.2) is 18.9 Å². The van der Waals surface area contributed by atoms with E-state index in [1.54, 1.807) is 7.05 Å². The van der Waals surface area contributed by atoms with Gasteiger partial charge in [-0.15, -0.1) is 0 Å². The molecule has 0 unspecified atom stereocenters. The van der Waals surface area contributed by atoms with Crippen molar-refractivity contribution in [2.24, 2.45) is 22.9 Å². The summed E-state index contributed by atoms with van der Waals surface area (Å²) in [6.07, 6.45) is -13.7. The molecule has 17 atom stereocenters.